The van der Waals surface area contributed by atoms with Gasteiger partial charge in [-0.15, -0.1) is 11.3 Å². The molecule has 0 unspecified atom stereocenters. The van der Waals surface area contributed by atoms with E-state index in [4.69, 9.17) is 4.74 Å². The Hall–Kier alpha value is -2.34. The summed E-state index contributed by atoms with van der Waals surface area (Å²) in [6.07, 6.45) is 0. The number of benzene rings is 1. The van der Waals surface area contributed by atoms with Crippen LogP contribution >= 0.6 is 11.3 Å². The zero-order chi connectivity index (χ0) is 17.7. The maximum atomic E-state index is 12.1. The molecular weight excluding hydrogens is 324 g/mol. The molecular formula is C18H22N2O3S. The van der Waals surface area contributed by atoms with E-state index in [9.17, 15) is 9.59 Å². The first-order chi connectivity index (χ1) is 11.3. The lowest BCUT2D eigenvalue weighted by atomic mass is 9.94. The molecule has 1 heterocycles. The van der Waals surface area contributed by atoms with E-state index >= 15 is 0 Å². The molecule has 2 aromatic rings. The third-order valence-corrected chi connectivity index (χ3v) is 4.88. The van der Waals surface area contributed by atoms with Crippen LogP contribution < -0.4 is 10.6 Å². The van der Waals surface area contributed by atoms with Gasteiger partial charge in [-0.1, -0.05) is 51.1 Å². The molecule has 1 aromatic heterocycles. The summed E-state index contributed by atoms with van der Waals surface area (Å²) in [6, 6.07) is 11.0. The number of anilines is 1. The molecule has 2 amide bonds. The first-order valence-electron chi connectivity index (χ1n) is 7.62. The van der Waals surface area contributed by atoms with Crippen LogP contribution in [0.25, 0.3) is 0 Å². The van der Waals surface area contributed by atoms with E-state index in [0.717, 1.165) is 10.4 Å². The van der Waals surface area contributed by atoms with Gasteiger partial charge in [0.1, 0.15) is 5.00 Å². The molecule has 1 aromatic carbocycles. The first-order valence-corrected chi connectivity index (χ1v) is 8.44. The van der Waals surface area contributed by atoms with E-state index in [1.54, 1.807) is 6.07 Å². The third kappa shape index (κ3) is 4.58. The van der Waals surface area contributed by atoms with Crippen LogP contribution in [0.15, 0.2) is 36.4 Å². The summed E-state index contributed by atoms with van der Waals surface area (Å²) in [7, 11) is 1.33. The Bertz CT molecular complexity index is 718. The van der Waals surface area contributed by atoms with E-state index in [-0.39, 0.29) is 11.4 Å². The maximum absolute atomic E-state index is 12.1. The molecule has 0 aliphatic rings. The predicted octanol–water partition coefficient (Wildman–Crippen LogP) is 4.15. The number of rotatable bonds is 4. The Morgan fingerprint density at radius 3 is 2.42 bits per heavy atom. The number of esters is 1. The monoisotopic (exact) mass is 346 g/mol. The summed E-state index contributed by atoms with van der Waals surface area (Å²) in [6.45, 7) is 6.58. The number of ether oxygens (including phenoxy) is 1. The zero-order valence-corrected chi connectivity index (χ0v) is 15.1. The molecule has 0 atom stereocenters. The summed E-state index contributed by atoms with van der Waals surface area (Å²) in [5, 5.41) is 6.04. The Labute approximate surface area is 146 Å². The second-order valence-electron chi connectivity index (χ2n) is 6.39. The summed E-state index contributed by atoms with van der Waals surface area (Å²) in [5.41, 5.74) is 1.26. The van der Waals surface area contributed by atoms with Crippen LogP contribution in [0.3, 0.4) is 0 Å². The van der Waals surface area contributed by atoms with Crippen molar-refractivity contribution >= 4 is 28.3 Å². The highest BCUT2D eigenvalue weighted by Gasteiger charge is 2.24. The van der Waals surface area contributed by atoms with Crippen molar-refractivity contribution in [2.45, 2.75) is 32.7 Å². The average molecular weight is 346 g/mol. The molecule has 2 rings (SSSR count). The molecule has 5 nitrogen and oxygen atoms in total. The average Bonchev–Trinajstić information content (AvgIpc) is 2.97. The molecule has 0 saturated carbocycles. The molecule has 128 valence electrons. The van der Waals surface area contributed by atoms with Gasteiger partial charge in [-0.25, -0.2) is 9.59 Å². The van der Waals surface area contributed by atoms with Gasteiger partial charge >= 0.3 is 12.0 Å². The fraction of sp³-hybridized carbons (Fsp3) is 0.333. The largest absolute Gasteiger partial charge is 0.465 e. The van der Waals surface area contributed by atoms with Crippen LogP contribution in [0.1, 0.15) is 41.6 Å². The number of amides is 2. The molecule has 0 aliphatic carbocycles. The molecule has 0 spiro atoms. The van der Waals surface area contributed by atoms with E-state index in [1.165, 1.54) is 18.4 Å². The molecule has 24 heavy (non-hydrogen) atoms. The van der Waals surface area contributed by atoms with Crippen molar-refractivity contribution in [2.24, 2.45) is 0 Å². The quantitative estimate of drug-likeness (QED) is 0.817. The number of methoxy groups -OCH3 is 1. The van der Waals surface area contributed by atoms with Crippen molar-refractivity contribution in [3.8, 4) is 0 Å². The Balaban J connectivity index is 2.11. The smallest absolute Gasteiger partial charge is 0.340 e. The van der Waals surface area contributed by atoms with Gasteiger partial charge in [0, 0.05) is 11.4 Å². The van der Waals surface area contributed by atoms with Crippen molar-refractivity contribution < 1.29 is 14.3 Å². The highest BCUT2D eigenvalue weighted by molar-refractivity contribution is 7.16. The summed E-state index contributed by atoms with van der Waals surface area (Å²) >= 11 is 1.39. The molecule has 0 bridgehead atoms. The molecule has 0 radical (unpaired) electrons. The SMILES string of the molecule is COC(=O)c1cc(C(C)(C)C)sc1NC(=O)NCc1ccccc1. The summed E-state index contributed by atoms with van der Waals surface area (Å²) < 4.78 is 4.81. The van der Waals surface area contributed by atoms with Crippen molar-refractivity contribution in [3.05, 3.63) is 52.4 Å². The second-order valence-corrected chi connectivity index (χ2v) is 7.44. The topological polar surface area (TPSA) is 67.4 Å². The van der Waals surface area contributed by atoms with Crippen LogP contribution in [0.2, 0.25) is 0 Å². The minimum absolute atomic E-state index is 0.117. The van der Waals surface area contributed by atoms with E-state index in [2.05, 4.69) is 31.4 Å². The second kappa shape index (κ2) is 7.49. The van der Waals surface area contributed by atoms with Gasteiger partial charge in [-0.3, -0.25) is 5.32 Å². The lowest BCUT2D eigenvalue weighted by molar-refractivity contribution is 0.0602. The molecule has 0 fully saturated rings. The summed E-state index contributed by atoms with van der Waals surface area (Å²) in [5.74, 6) is -0.458. The maximum Gasteiger partial charge on any atom is 0.340 e. The van der Waals surface area contributed by atoms with Gasteiger partial charge in [0.05, 0.1) is 12.7 Å². The number of hydrogen-bond acceptors (Lipinski definition) is 4. The standard InChI is InChI=1S/C18H22N2O3S/c1-18(2,3)14-10-13(16(21)23-4)15(24-14)20-17(22)19-11-12-8-6-5-7-9-12/h5-10H,11H2,1-4H3,(H2,19,20,22). The van der Waals surface area contributed by atoms with Crippen LogP contribution in [0, 0.1) is 0 Å². The number of nitrogens with one attached hydrogen (secondary N) is 2. The lowest BCUT2D eigenvalue weighted by Gasteiger charge is -2.15. The van der Waals surface area contributed by atoms with E-state index in [0.29, 0.717) is 17.1 Å². The van der Waals surface area contributed by atoms with Crippen LogP contribution in [0.5, 0.6) is 0 Å². The number of carbonyl (C=O) groups excluding carboxylic acids is 2. The first kappa shape index (κ1) is 18.0. The van der Waals surface area contributed by atoms with Gasteiger partial charge in [0.25, 0.3) is 0 Å². The van der Waals surface area contributed by atoms with E-state index < -0.39 is 5.97 Å². The van der Waals surface area contributed by atoms with Crippen molar-refractivity contribution in [3.63, 3.8) is 0 Å². The van der Waals surface area contributed by atoms with Gasteiger partial charge in [-0.2, -0.15) is 0 Å². The highest BCUT2D eigenvalue weighted by atomic mass is 32.1. The van der Waals surface area contributed by atoms with Gasteiger partial charge in [0.2, 0.25) is 0 Å². The van der Waals surface area contributed by atoms with Crippen LogP contribution in [-0.4, -0.2) is 19.1 Å². The van der Waals surface area contributed by atoms with Gasteiger partial charge < -0.3 is 10.1 Å². The third-order valence-electron chi connectivity index (χ3n) is 3.40. The number of urea groups is 1. The normalized spacial score (nSPS) is 11.0. The van der Waals surface area contributed by atoms with Crippen LogP contribution in [0.4, 0.5) is 9.80 Å². The van der Waals surface area contributed by atoms with Crippen molar-refractivity contribution in [2.75, 3.05) is 12.4 Å². The Morgan fingerprint density at radius 1 is 1.17 bits per heavy atom. The fourth-order valence-electron chi connectivity index (χ4n) is 2.04. The van der Waals surface area contributed by atoms with Gasteiger partial charge in [0.15, 0.2) is 0 Å². The molecule has 2 N–H and O–H groups in total. The van der Waals surface area contributed by atoms with Crippen molar-refractivity contribution in [1.29, 1.82) is 0 Å². The fourth-order valence-corrected chi connectivity index (χ4v) is 3.14. The Kier molecular flexibility index (Phi) is 5.62. The number of hydrogen-bond donors (Lipinski definition) is 2. The van der Waals surface area contributed by atoms with E-state index in [1.807, 2.05) is 30.3 Å². The highest BCUT2D eigenvalue weighted by Crippen LogP contribution is 2.36. The number of carbonyl (C=O) groups is 2. The molecule has 0 saturated heterocycles. The van der Waals surface area contributed by atoms with Gasteiger partial charge in [-0.05, 0) is 17.0 Å². The minimum atomic E-state index is -0.458. The predicted molar refractivity (Wildman–Crippen MR) is 96.7 cm³/mol. The number of thiophene rings is 1. The molecule has 6 heteroatoms. The van der Waals surface area contributed by atoms with Crippen molar-refractivity contribution in [1.82, 2.24) is 5.32 Å². The minimum Gasteiger partial charge on any atom is -0.465 e. The Morgan fingerprint density at radius 2 is 1.83 bits per heavy atom. The lowest BCUT2D eigenvalue weighted by Crippen LogP contribution is -2.28. The summed E-state index contributed by atoms with van der Waals surface area (Å²) in [4.78, 5) is 25.1. The molecule has 0 aliphatic heterocycles. The van der Waals surface area contributed by atoms with Crippen LogP contribution in [-0.2, 0) is 16.7 Å². The zero-order valence-electron chi connectivity index (χ0n) is 14.3.